The zero-order valence-corrected chi connectivity index (χ0v) is 11.4. The van der Waals surface area contributed by atoms with Gasteiger partial charge in [0.05, 0.1) is 22.3 Å². The van der Waals surface area contributed by atoms with Crippen molar-refractivity contribution in [3.8, 4) is 6.07 Å². The molecule has 6 heteroatoms. The molecular formula is C13H12N4OS. The molecule has 96 valence electrons. The topological polar surface area (TPSA) is 78.7 Å². The number of nitrogens with zero attached hydrogens (tertiary/aromatic N) is 3. The van der Waals surface area contributed by atoms with Crippen LogP contribution in [0.4, 0.5) is 0 Å². The van der Waals surface area contributed by atoms with Gasteiger partial charge in [0.25, 0.3) is 5.91 Å². The molecule has 0 unspecified atom stereocenters. The molecule has 1 amide bonds. The first-order valence-electron chi connectivity index (χ1n) is 5.69. The van der Waals surface area contributed by atoms with Crippen molar-refractivity contribution in [2.45, 2.75) is 19.9 Å². The predicted octanol–water partition coefficient (Wildman–Crippen LogP) is 2.21. The minimum Gasteiger partial charge on any atom is -0.344 e. The summed E-state index contributed by atoms with van der Waals surface area (Å²) in [5, 5.41) is 14.4. The molecule has 5 nitrogen and oxygen atoms in total. The zero-order valence-electron chi connectivity index (χ0n) is 10.5. The molecule has 0 saturated carbocycles. The lowest BCUT2D eigenvalue weighted by Crippen LogP contribution is -2.27. The van der Waals surface area contributed by atoms with Crippen molar-refractivity contribution in [2.24, 2.45) is 0 Å². The fourth-order valence-corrected chi connectivity index (χ4v) is 2.23. The number of thiazole rings is 1. The van der Waals surface area contributed by atoms with Crippen LogP contribution in [0.25, 0.3) is 0 Å². The fourth-order valence-electron chi connectivity index (χ4n) is 1.53. The van der Waals surface area contributed by atoms with Gasteiger partial charge in [-0.15, -0.1) is 11.3 Å². The van der Waals surface area contributed by atoms with Gasteiger partial charge >= 0.3 is 0 Å². The van der Waals surface area contributed by atoms with Crippen LogP contribution >= 0.6 is 11.3 Å². The lowest BCUT2D eigenvalue weighted by atomic mass is 10.2. The summed E-state index contributed by atoms with van der Waals surface area (Å²) in [5.74, 6) is -0.227. The monoisotopic (exact) mass is 272 g/mol. The molecule has 2 aromatic heterocycles. The SMILES string of the molecule is Cc1nc([C@H](C)NC(=O)c2ccc(C#N)nc2)cs1. The second-order valence-corrected chi connectivity index (χ2v) is 5.09. The Morgan fingerprint density at radius 3 is 2.84 bits per heavy atom. The van der Waals surface area contributed by atoms with Crippen molar-refractivity contribution in [2.75, 3.05) is 0 Å². The number of aryl methyl sites for hydroxylation is 1. The van der Waals surface area contributed by atoms with E-state index in [1.165, 1.54) is 12.3 Å². The maximum absolute atomic E-state index is 12.0. The molecule has 2 aromatic rings. The van der Waals surface area contributed by atoms with Gasteiger partial charge in [-0.3, -0.25) is 4.79 Å². The van der Waals surface area contributed by atoms with Gasteiger partial charge in [-0.2, -0.15) is 5.26 Å². The van der Waals surface area contributed by atoms with Crippen LogP contribution in [-0.4, -0.2) is 15.9 Å². The molecule has 0 bridgehead atoms. The number of aromatic nitrogens is 2. The maximum Gasteiger partial charge on any atom is 0.253 e. The molecule has 1 atom stereocenters. The Kier molecular flexibility index (Phi) is 3.88. The minimum atomic E-state index is -0.227. The van der Waals surface area contributed by atoms with E-state index in [2.05, 4.69) is 15.3 Å². The molecule has 0 radical (unpaired) electrons. The normalized spacial score (nSPS) is 11.6. The molecule has 0 aliphatic rings. The van der Waals surface area contributed by atoms with E-state index in [1.54, 1.807) is 17.4 Å². The van der Waals surface area contributed by atoms with E-state index in [9.17, 15) is 4.79 Å². The Bertz CT molecular complexity index is 627. The number of hydrogen-bond acceptors (Lipinski definition) is 5. The summed E-state index contributed by atoms with van der Waals surface area (Å²) in [6.07, 6.45) is 1.40. The highest BCUT2D eigenvalue weighted by atomic mass is 32.1. The highest BCUT2D eigenvalue weighted by Crippen LogP contribution is 2.16. The van der Waals surface area contributed by atoms with Crippen LogP contribution in [-0.2, 0) is 0 Å². The molecule has 0 aliphatic heterocycles. The lowest BCUT2D eigenvalue weighted by molar-refractivity contribution is 0.0939. The van der Waals surface area contributed by atoms with Crippen LogP contribution in [0, 0.1) is 18.3 Å². The van der Waals surface area contributed by atoms with E-state index in [4.69, 9.17) is 5.26 Å². The molecule has 0 fully saturated rings. The summed E-state index contributed by atoms with van der Waals surface area (Å²) in [7, 11) is 0. The van der Waals surface area contributed by atoms with Crippen LogP contribution in [0.3, 0.4) is 0 Å². The lowest BCUT2D eigenvalue weighted by Gasteiger charge is -2.11. The van der Waals surface area contributed by atoms with Gasteiger partial charge < -0.3 is 5.32 Å². The molecule has 2 rings (SSSR count). The van der Waals surface area contributed by atoms with Crippen molar-refractivity contribution >= 4 is 17.2 Å². The van der Waals surface area contributed by atoms with E-state index < -0.39 is 0 Å². The first-order chi connectivity index (χ1) is 9.10. The number of pyridine rings is 1. The summed E-state index contributed by atoms with van der Waals surface area (Å²) in [4.78, 5) is 20.2. The molecule has 19 heavy (non-hydrogen) atoms. The Balaban J connectivity index is 2.06. The highest BCUT2D eigenvalue weighted by Gasteiger charge is 2.13. The third-order valence-electron chi connectivity index (χ3n) is 2.57. The number of carbonyl (C=O) groups excluding carboxylic acids is 1. The second kappa shape index (κ2) is 5.59. The van der Waals surface area contributed by atoms with Crippen molar-refractivity contribution in [3.05, 3.63) is 45.7 Å². The van der Waals surface area contributed by atoms with Gasteiger partial charge in [0.1, 0.15) is 11.8 Å². The number of nitriles is 1. The summed E-state index contributed by atoms with van der Waals surface area (Å²) in [5.41, 5.74) is 1.56. The molecule has 0 saturated heterocycles. The largest absolute Gasteiger partial charge is 0.344 e. The average molecular weight is 272 g/mol. The maximum atomic E-state index is 12.0. The van der Waals surface area contributed by atoms with Crippen LogP contribution in [0.5, 0.6) is 0 Å². The molecule has 0 spiro atoms. The van der Waals surface area contributed by atoms with Gasteiger partial charge in [-0.1, -0.05) is 0 Å². The summed E-state index contributed by atoms with van der Waals surface area (Å²) in [6, 6.07) is 4.86. The van der Waals surface area contributed by atoms with E-state index in [0.717, 1.165) is 10.7 Å². The average Bonchev–Trinajstić information content (AvgIpc) is 2.85. The van der Waals surface area contributed by atoms with E-state index >= 15 is 0 Å². The third-order valence-corrected chi connectivity index (χ3v) is 3.36. The first kappa shape index (κ1) is 13.2. The standard InChI is InChI=1S/C13H12N4OS/c1-8(12-7-19-9(2)17-12)16-13(18)10-3-4-11(5-14)15-6-10/h3-4,6-8H,1-2H3,(H,16,18)/t8-/m0/s1. The molecule has 0 aliphatic carbocycles. The Morgan fingerprint density at radius 1 is 1.53 bits per heavy atom. The van der Waals surface area contributed by atoms with E-state index in [0.29, 0.717) is 11.3 Å². The highest BCUT2D eigenvalue weighted by molar-refractivity contribution is 7.09. The van der Waals surface area contributed by atoms with Gasteiger partial charge in [0.2, 0.25) is 0 Å². The summed E-state index contributed by atoms with van der Waals surface area (Å²) >= 11 is 1.55. The smallest absolute Gasteiger partial charge is 0.253 e. The molecule has 1 N–H and O–H groups in total. The summed E-state index contributed by atoms with van der Waals surface area (Å²) in [6.45, 7) is 3.80. The van der Waals surface area contributed by atoms with Crippen LogP contribution < -0.4 is 5.32 Å². The minimum absolute atomic E-state index is 0.159. The zero-order chi connectivity index (χ0) is 13.8. The number of amides is 1. The molecular weight excluding hydrogens is 260 g/mol. The number of rotatable bonds is 3. The molecule has 2 heterocycles. The number of nitrogens with one attached hydrogen (secondary N) is 1. The van der Waals surface area contributed by atoms with Crippen molar-refractivity contribution in [1.82, 2.24) is 15.3 Å². The van der Waals surface area contributed by atoms with Gasteiger partial charge in [-0.25, -0.2) is 9.97 Å². The quantitative estimate of drug-likeness (QED) is 0.929. The van der Waals surface area contributed by atoms with E-state index in [1.807, 2.05) is 25.3 Å². The van der Waals surface area contributed by atoms with Gasteiger partial charge in [0, 0.05) is 11.6 Å². The van der Waals surface area contributed by atoms with Crippen LogP contribution in [0.2, 0.25) is 0 Å². The van der Waals surface area contributed by atoms with Crippen molar-refractivity contribution in [1.29, 1.82) is 5.26 Å². The Morgan fingerprint density at radius 2 is 2.32 bits per heavy atom. The van der Waals surface area contributed by atoms with Crippen molar-refractivity contribution < 1.29 is 4.79 Å². The third kappa shape index (κ3) is 3.14. The Labute approximate surface area is 114 Å². The van der Waals surface area contributed by atoms with E-state index in [-0.39, 0.29) is 11.9 Å². The first-order valence-corrected chi connectivity index (χ1v) is 6.57. The summed E-state index contributed by atoms with van der Waals surface area (Å²) < 4.78 is 0. The van der Waals surface area contributed by atoms with Gasteiger partial charge in [0.15, 0.2) is 0 Å². The number of hydrogen-bond donors (Lipinski definition) is 1. The Hall–Kier alpha value is -2.26. The molecule has 0 aromatic carbocycles. The predicted molar refractivity (Wildman–Crippen MR) is 71.7 cm³/mol. The van der Waals surface area contributed by atoms with Crippen LogP contribution in [0.15, 0.2) is 23.7 Å². The van der Waals surface area contributed by atoms with Crippen molar-refractivity contribution in [3.63, 3.8) is 0 Å². The van der Waals surface area contributed by atoms with Crippen LogP contribution in [0.1, 0.15) is 39.7 Å². The fraction of sp³-hybridized carbons (Fsp3) is 0.231. The number of carbonyl (C=O) groups is 1. The second-order valence-electron chi connectivity index (χ2n) is 4.03. The van der Waals surface area contributed by atoms with Gasteiger partial charge in [-0.05, 0) is 26.0 Å².